The SMILES string of the molecule is CC1CN(C(=O)c2ccc3c(c2)NC(=O)C3)CC1C. The molecular formula is C15H18N2O2. The lowest BCUT2D eigenvalue weighted by Gasteiger charge is -2.16. The first-order valence-corrected chi connectivity index (χ1v) is 6.76. The van der Waals surface area contributed by atoms with E-state index in [0.717, 1.165) is 24.3 Å². The molecule has 1 saturated heterocycles. The van der Waals surface area contributed by atoms with Crippen molar-refractivity contribution >= 4 is 17.5 Å². The van der Waals surface area contributed by atoms with Crippen LogP contribution >= 0.6 is 0 Å². The summed E-state index contributed by atoms with van der Waals surface area (Å²) in [5.41, 5.74) is 2.43. The molecule has 4 heteroatoms. The van der Waals surface area contributed by atoms with Gasteiger partial charge in [-0.05, 0) is 29.5 Å². The van der Waals surface area contributed by atoms with E-state index in [2.05, 4.69) is 19.2 Å². The van der Waals surface area contributed by atoms with Gasteiger partial charge in [-0.2, -0.15) is 0 Å². The molecule has 0 saturated carbocycles. The Balaban J connectivity index is 1.82. The van der Waals surface area contributed by atoms with Gasteiger partial charge in [-0.25, -0.2) is 0 Å². The number of benzene rings is 1. The zero-order chi connectivity index (χ0) is 13.6. The molecule has 0 aromatic heterocycles. The lowest BCUT2D eigenvalue weighted by atomic mass is 10.0. The first kappa shape index (κ1) is 12.2. The third-order valence-corrected chi connectivity index (χ3v) is 4.26. The second-order valence-electron chi connectivity index (χ2n) is 5.76. The molecule has 0 aliphatic carbocycles. The smallest absolute Gasteiger partial charge is 0.253 e. The van der Waals surface area contributed by atoms with Gasteiger partial charge in [-0.3, -0.25) is 9.59 Å². The van der Waals surface area contributed by atoms with Crippen LogP contribution in [0.5, 0.6) is 0 Å². The second-order valence-corrected chi connectivity index (χ2v) is 5.76. The molecule has 1 aromatic rings. The molecule has 2 amide bonds. The molecule has 2 aliphatic rings. The summed E-state index contributed by atoms with van der Waals surface area (Å²) in [6.07, 6.45) is 0.418. The Labute approximate surface area is 112 Å². The first-order valence-electron chi connectivity index (χ1n) is 6.76. The highest BCUT2D eigenvalue weighted by molar-refractivity contribution is 6.02. The van der Waals surface area contributed by atoms with E-state index in [1.165, 1.54) is 0 Å². The minimum atomic E-state index is 0.00279. The molecule has 100 valence electrons. The number of carbonyl (C=O) groups excluding carboxylic acids is 2. The summed E-state index contributed by atoms with van der Waals surface area (Å²) in [5, 5.41) is 2.79. The molecule has 1 fully saturated rings. The fourth-order valence-corrected chi connectivity index (χ4v) is 2.83. The lowest BCUT2D eigenvalue weighted by Crippen LogP contribution is -2.28. The highest BCUT2D eigenvalue weighted by atomic mass is 16.2. The van der Waals surface area contributed by atoms with Crippen molar-refractivity contribution in [3.63, 3.8) is 0 Å². The van der Waals surface area contributed by atoms with E-state index >= 15 is 0 Å². The van der Waals surface area contributed by atoms with Crippen molar-refractivity contribution in [3.05, 3.63) is 29.3 Å². The summed E-state index contributed by atoms with van der Waals surface area (Å²) < 4.78 is 0. The van der Waals surface area contributed by atoms with Crippen LogP contribution in [0.25, 0.3) is 0 Å². The molecule has 0 bridgehead atoms. The Bertz CT molecular complexity index is 543. The number of nitrogens with one attached hydrogen (secondary N) is 1. The van der Waals surface area contributed by atoms with Gasteiger partial charge in [0.2, 0.25) is 5.91 Å². The monoisotopic (exact) mass is 258 g/mol. The van der Waals surface area contributed by atoms with E-state index in [1.807, 2.05) is 17.0 Å². The fraction of sp³-hybridized carbons (Fsp3) is 0.467. The molecule has 1 N–H and O–H groups in total. The molecule has 19 heavy (non-hydrogen) atoms. The lowest BCUT2D eigenvalue weighted by molar-refractivity contribution is -0.115. The van der Waals surface area contributed by atoms with Crippen LogP contribution < -0.4 is 5.32 Å². The predicted molar refractivity (Wildman–Crippen MR) is 73.0 cm³/mol. The zero-order valence-corrected chi connectivity index (χ0v) is 11.3. The first-order chi connectivity index (χ1) is 9.04. The maximum absolute atomic E-state index is 12.4. The maximum Gasteiger partial charge on any atom is 0.253 e. The zero-order valence-electron chi connectivity index (χ0n) is 11.3. The van der Waals surface area contributed by atoms with Gasteiger partial charge in [-0.15, -0.1) is 0 Å². The van der Waals surface area contributed by atoms with Crippen molar-refractivity contribution in [1.29, 1.82) is 0 Å². The number of hydrogen-bond acceptors (Lipinski definition) is 2. The summed E-state index contributed by atoms with van der Waals surface area (Å²) in [7, 11) is 0. The number of rotatable bonds is 1. The number of anilines is 1. The summed E-state index contributed by atoms with van der Waals surface area (Å²) in [6.45, 7) is 6.01. The van der Waals surface area contributed by atoms with Crippen LogP contribution in [0, 0.1) is 11.8 Å². The van der Waals surface area contributed by atoms with Crippen LogP contribution in [0.2, 0.25) is 0 Å². The minimum absolute atomic E-state index is 0.00279. The van der Waals surface area contributed by atoms with Crippen LogP contribution in [-0.2, 0) is 11.2 Å². The number of carbonyl (C=O) groups is 2. The van der Waals surface area contributed by atoms with Gasteiger partial charge >= 0.3 is 0 Å². The van der Waals surface area contributed by atoms with Crippen molar-refractivity contribution in [1.82, 2.24) is 4.90 Å². The summed E-state index contributed by atoms with van der Waals surface area (Å²) in [6, 6.07) is 5.51. The summed E-state index contributed by atoms with van der Waals surface area (Å²) >= 11 is 0. The number of amides is 2. The molecule has 2 heterocycles. The van der Waals surface area contributed by atoms with Crippen LogP contribution in [0.15, 0.2) is 18.2 Å². The minimum Gasteiger partial charge on any atom is -0.338 e. The molecule has 2 atom stereocenters. The van der Waals surface area contributed by atoms with Crippen LogP contribution in [0.3, 0.4) is 0 Å². The van der Waals surface area contributed by atoms with Gasteiger partial charge in [0.15, 0.2) is 0 Å². The number of hydrogen-bond donors (Lipinski definition) is 1. The van der Waals surface area contributed by atoms with Crippen molar-refractivity contribution in [2.75, 3.05) is 18.4 Å². The standard InChI is InChI=1S/C15H18N2O2/c1-9-7-17(8-10(9)2)15(19)12-4-3-11-6-14(18)16-13(11)5-12/h3-5,9-10H,6-8H2,1-2H3,(H,16,18). The van der Waals surface area contributed by atoms with Gasteiger partial charge in [0, 0.05) is 24.3 Å². The quantitative estimate of drug-likeness (QED) is 0.836. The van der Waals surface area contributed by atoms with Gasteiger partial charge in [0.25, 0.3) is 5.91 Å². The van der Waals surface area contributed by atoms with E-state index in [9.17, 15) is 9.59 Å². The Morgan fingerprint density at radius 2 is 1.95 bits per heavy atom. The highest BCUT2D eigenvalue weighted by Gasteiger charge is 2.30. The van der Waals surface area contributed by atoms with Crippen LogP contribution in [0.1, 0.15) is 29.8 Å². The fourth-order valence-electron chi connectivity index (χ4n) is 2.83. The van der Waals surface area contributed by atoms with E-state index in [1.54, 1.807) is 6.07 Å². The predicted octanol–water partition coefficient (Wildman–Crippen LogP) is 1.91. The molecule has 4 nitrogen and oxygen atoms in total. The van der Waals surface area contributed by atoms with Gasteiger partial charge in [0.05, 0.1) is 6.42 Å². The van der Waals surface area contributed by atoms with E-state index in [0.29, 0.717) is 23.8 Å². The average molecular weight is 258 g/mol. The van der Waals surface area contributed by atoms with Crippen molar-refractivity contribution in [3.8, 4) is 0 Å². The Kier molecular flexibility index (Phi) is 2.81. The van der Waals surface area contributed by atoms with Gasteiger partial charge in [-0.1, -0.05) is 19.9 Å². The van der Waals surface area contributed by atoms with Crippen molar-refractivity contribution in [2.45, 2.75) is 20.3 Å². The van der Waals surface area contributed by atoms with E-state index < -0.39 is 0 Å². The van der Waals surface area contributed by atoms with Gasteiger partial charge in [0.1, 0.15) is 0 Å². The Morgan fingerprint density at radius 1 is 1.26 bits per heavy atom. The van der Waals surface area contributed by atoms with E-state index in [4.69, 9.17) is 0 Å². The third-order valence-electron chi connectivity index (χ3n) is 4.26. The van der Waals surface area contributed by atoms with E-state index in [-0.39, 0.29) is 11.8 Å². The molecule has 3 rings (SSSR count). The Morgan fingerprint density at radius 3 is 2.63 bits per heavy atom. The normalized spacial score (nSPS) is 25.4. The topological polar surface area (TPSA) is 49.4 Å². The summed E-state index contributed by atoms with van der Waals surface area (Å²) in [5.74, 6) is 1.18. The van der Waals surface area contributed by atoms with Crippen molar-refractivity contribution < 1.29 is 9.59 Å². The molecule has 1 aromatic carbocycles. The average Bonchev–Trinajstić information content (AvgIpc) is 2.90. The highest BCUT2D eigenvalue weighted by Crippen LogP contribution is 2.27. The molecule has 0 spiro atoms. The third kappa shape index (κ3) is 2.11. The Hall–Kier alpha value is -1.84. The van der Waals surface area contributed by atoms with Crippen molar-refractivity contribution in [2.24, 2.45) is 11.8 Å². The van der Waals surface area contributed by atoms with Crippen LogP contribution in [0.4, 0.5) is 5.69 Å². The molecule has 2 unspecified atom stereocenters. The van der Waals surface area contributed by atoms with Gasteiger partial charge < -0.3 is 10.2 Å². The largest absolute Gasteiger partial charge is 0.338 e. The number of fused-ring (bicyclic) bond motifs is 1. The second kappa shape index (κ2) is 4.37. The molecular weight excluding hydrogens is 240 g/mol. The number of likely N-dealkylation sites (tertiary alicyclic amines) is 1. The molecule has 2 aliphatic heterocycles. The van der Waals surface area contributed by atoms with Crippen LogP contribution in [-0.4, -0.2) is 29.8 Å². The molecule has 0 radical (unpaired) electrons. The number of nitrogens with zero attached hydrogens (tertiary/aromatic N) is 1. The maximum atomic E-state index is 12.4. The summed E-state index contributed by atoms with van der Waals surface area (Å²) in [4.78, 5) is 25.7.